The van der Waals surface area contributed by atoms with Crippen LogP contribution in [0.1, 0.15) is 10.4 Å². The Hall–Kier alpha value is -1.63. The van der Waals surface area contributed by atoms with E-state index in [-0.39, 0.29) is 0 Å². The molecule has 0 unspecified atom stereocenters. The summed E-state index contributed by atoms with van der Waals surface area (Å²) >= 11 is 7.14. The van der Waals surface area contributed by atoms with Crippen LogP contribution >= 0.6 is 22.9 Å². The minimum atomic E-state index is -0.400. The van der Waals surface area contributed by atoms with E-state index < -0.39 is 5.82 Å². The van der Waals surface area contributed by atoms with Gasteiger partial charge in [0.25, 0.3) is 0 Å². The van der Waals surface area contributed by atoms with E-state index >= 15 is 0 Å². The number of rotatable bonds is 2. The van der Waals surface area contributed by atoms with Crippen LogP contribution in [0.3, 0.4) is 0 Å². The van der Waals surface area contributed by atoms with E-state index in [1.165, 1.54) is 17.4 Å². The fourth-order valence-corrected chi connectivity index (χ4v) is 2.40. The van der Waals surface area contributed by atoms with E-state index in [1.54, 1.807) is 36.4 Å². The summed E-state index contributed by atoms with van der Waals surface area (Å²) in [5, 5.41) is 9.06. The molecule has 2 rings (SSSR count). The van der Waals surface area contributed by atoms with Crippen molar-refractivity contribution in [2.45, 2.75) is 0 Å². The van der Waals surface area contributed by atoms with Gasteiger partial charge in [-0.25, -0.2) is 4.39 Å². The molecule has 1 aromatic carbocycles. The quantitative estimate of drug-likeness (QED) is 0.726. The normalized spacial score (nSPS) is 11.2. The average molecular weight is 264 g/mol. The summed E-state index contributed by atoms with van der Waals surface area (Å²) in [7, 11) is 0. The Morgan fingerprint density at radius 1 is 1.29 bits per heavy atom. The second-order valence-corrected chi connectivity index (χ2v) is 5.04. The SMILES string of the molecule is N#CC(=Cc1ccc(Cl)s1)c1ccccc1F. The van der Waals surface area contributed by atoms with Gasteiger partial charge in [0.15, 0.2) is 0 Å². The van der Waals surface area contributed by atoms with E-state index in [1.807, 2.05) is 6.07 Å². The lowest BCUT2D eigenvalue weighted by Crippen LogP contribution is -1.86. The molecule has 0 aliphatic rings. The maximum absolute atomic E-state index is 13.5. The Bertz CT molecular complexity index is 610. The van der Waals surface area contributed by atoms with Crippen LogP contribution in [0.2, 0.25) is 4.34 Å². The van der Waals surface area contributed by atoms with Gasteiger partial charge in [-0.3, -0.25) is 0 Å². The van der Waals surface area contributed by atoms with Crippen molar-refractivity contribution in [2.24, 2.45) is 0 Å². The zero-order chi connectivity index (χ0) is 12.3. The topological polar surface area (TPSA) is 23.8 Å². The largest absolute Gasteiger partial charge is 0.206 e. The van der Waals surface area contributed by atoms with Gasteiger partial charge >= 0.3 is 0 Å². The smallest absolute Gasteiger partial charge is 0.131 e. The number of allylic oxidation sites excluding steroid dienone is 1. The number of hydrogen-bond acceptors (Lipinski definition) is 2. The molecule has 1 aromatic heterocycles. The first-order valence-corrected chi connectivity index (χ1v) is 6.02. The molecule has 0 saturated heterocycles. The van der Waals surface area contributed by atoms with Crippen molar-refractivity contribution >= 4 is 34.6 Å². The Kier molecular flexibility index (Phi) is 3.58. The Labute approximate surface area is 107 Å². The Balaban J connectivity index is 2.45. The Morgan fingerprint density at radius 3 is 2.65 bits per heavy atom. The molecule has 0 fully saturated rings. The van der Waals surface area contributed by atoms with Gasteiger partial charge in [-0.15, -0.1) is 11.3 Å². The molecule has 0 N–H and O–H groups in total. The van der Waals surface area contributed by atoms with E-state index in [9.17, 15) is 4.39 Å². The molecule has 0 aliphatic carbocycles. The monoisotopic (exact) mass is 263 g/mol. The number of benzene rings is 1. The molecule has 0 atom stereocenters. The van der Waals surface area contributed by atoms with Crippen LogP contribution in [0.15, 0.2) is 36.4 Å². The highest BCUT2D eigenvalue weighted by molar-refractivity contribution is 7.17. The molecule has 1 heterocycles. The van der Waals surface area contributed by atoms with Gasteiger partial charge < -0.3 is 0 Å². The van der Waals surface area contributed by atoms with Gasteiger partial charge in [0.2, 0.25) is 0 Å². The van der Waals surface area contributed by atoms with Gasteiger partial charge in [0.1, 0.15) is 5.82 Å². The third-order valence-corrected chi connectivity index (χ3v) is 3.34. The highest BCUT2D eigenvalue weighted by Gasteiger charge is 2.07. The van der Waals surface area contributed by atoms with Crippen molar-refractivity contribution < 1.29 is 4.39 Å². The van der Waals surface area contributed by atoms with Gasteiger partial charge in [0, 0.05) is 10.4 Å². The number of hydrogen-bond donors (Lipinski definition) is 0. The van der Waals surface area contributed by atoms with Crippen LogP contribution < -0.4 is 0 Å². The van der Waals surface area contributed by atoms with Crippen LogP contribution in [-0.2, 0) is 0 Å². The predicted molar refractivity (Wildman–Crippen MR) is 69.2 cm³/mol. The molecule has 4 heteroatoms. The number of halogens is 2. The lowest BCUT2D eigenvalue weighted by Gasteiger charge is -1.99. The fourth-order valence-electron chi connectivity index (χ4n) is 1.40. The van der Waals surface area contributed by atoms with Gasteiger partial charge in [-0.05, 0) is 24.3 Å². The summed E-state index contributed by atoms with van der Waals surface area (Å²) in [5.74, 6) is -0.400. The van der Waals surface area contributed by atoms with Crippen LogP contribution in [-0.4, -0.2) is 0 Å². The van der Waals surface area contributed by atoms with Gasteiger partial charge in [-0.2, -0.15) is 5.26 Å². The van der Waals surface area contributed by atoms with Crippen molar-refractivity contribution in [3.63, 3.8) is 0 Å². The van der Waals surface area contributed by atoms with Crippen molar-refractivity contribution in [1.82, 2.24) is 0 Å². The van der Waals surface area contributed by atoms with Crippen LogP contribution in [0.4, 0.5) is 4.39 Å². The summed E-state index contributed by atoms with van der Waals surface area (Å²) in [4.78, 5) is 0.829. The minimum Gasteiger partial charge on any atom is -0.206 e. The molecule has 0 aliphatic heterocycles. The number of nitriles is 1. The maximum Gasteiger partial charge on any atom is 0.131 e. The molecule has 0 amide bonds. The maximum atomic E-state index is 13.5. The second kappa shape index (κ2) is 5.13. The van der Waals surface area contributed by atoms with Crippen molar-refractivity contribution in [2.75, 3.05) is 0 Å². The van der Waals surface area contributed by atoms with E-state index in [2.05, 4.69) is 0 Å². The summed E-state index contributed by atoms with van der Waals surface area (Å²) in [6, 6.07) is 11.8. The van der Waals surface area contributed by atoms with Gasteiger partial charge in [-0.1, -0.05) is 29.8 Å². The first kappa shape index (κ1) is 11.8. The van der Waals surface area contributed by atoms with Crippen LogP contribution in [0.25, 0.3) is 11.6 Å². The summed E-state index contributed by atoms with van der Waals surface area (Å²) in [6.45, 7) is 0. The van der Waals surface area contributed by atoms with E-state index in [4.69, 9.17) is 16.9 Å². The molecule has 0 saturated carbocycles. The molecule has 84 valence electrons. The van der Waals surface area contributed by atoms with Crippen molar-refractivity contribution in [3.05, 3.63) is 57.0 Å². The van der Waals surface area contributed by atoms with E-state index in [0.29, 0.717) is 15.5 Å². The standard InChI is InChI=1S/C13H7ClFNS/c14-13-6-5-10(17-13)7-9(8-16)11-3-1-2-4-12(11)15/h1-7H. The van der Waals surface area contributed by atoms with Crippen LogP contribution in [0.5, 0.6) is 0 Å². The Morgan fingerprint density at radius 2 is 2.06 bits per heavy atom. The van der Waals surface area contributed by atoms with Crippen molar-refractivity contribution in [1.29, 1.82) is 5.26 Å². The number of nitrogens with zero attached hydrogens (tertiary/aromatic N) is 1. The molecule has 1 nitrogen and oxygen atoms in total. The lowest BCUT2D eigenvalue weighted by atomic mass is 10.1. The zero-order valence-corrected chi connectivity index (χ0v) is 10.2. The summed E-state index contributed by atoms with van der Waals surface area (Å²) < 4.78 is 14.2. The summed E-state index contributed by atoms with van der Waals surface area (Å²) in [6.07, 6.45) is 1.63. The fraction of sp³-hybridized carbons (Fsp3) is 0. The summed E-state index contributed by atoms with van der Waals surface area (Å²) in [5.41, 5.74) is 0.598. The lowest BCUT2D eigenvalue weighted by molar-refractivity contribution is 0.624. The molecular formula is C13H7ClFNS. The highest BCUT2D eigenvalue weighted by Crippen LogP contribution is 2.26. The molecule has 0 bridgehead atoms. The molecule has 2 aromatic rings. The first-order valence-electron chi connectivity index (χ1n) is 4.83. The van der Waals surface area contributed by atoms with Gasteiger partial charge in [0.05, 0.1) is 16.0 Å². The number of thiophene rings is 1. The molecule has 0 spiro atoms. The molecule has 17 heavy (non-hydrogen) atoms. The zero-order valence-electron chi connectivity index (χ0n) is 8.65. The average Bonchev–Trinajstić information content (AvgIpc) is 2.73. The minimum absolute atomic E-state index is 0.293. The molecule has 0 radical (unpaired) electrons. The van der Waals surface area contributed by atoms with Crippen LogP contribution in [0, 0.1) is 17.1 Å². The predicted octanol–water partition coefficient (Wildman–Crippen LogP) is 4.60. The highest BCUT2D eigenvalue weighted by atomic mass is 35.5. The second-order valence-electron chi connectivity index (χ2n) is 3.29. The third-order valence-electron chi connectivity index (χ3n) is 2.17. The van der Waals surface area contributed by atoms with E-state index in [0.717, 1.165) is 4.88 Å². The molecular weight excluding hydrogens is 257 g/mol. The first-order chi connectivity index (χ1) is 8.20. The van der Waals surface area contributed by atoms with Crippen molar-refractivity contribution in [3.8, 4) is 6.07 Å². The third kappa shape index (κ3) is 2.73.